The fraction of sp³-hybridized carbons (Fsp3) is 0.364. The lowest BCUT2D eigenvalue weighted by Crippen LogP contribution is -2.49. The summed E-state index contributed by atoms with van der Waals surface area (Å²) in [6.07, 6.45) is 0.647. The Kier molecular flexibility index (Phi) is 7.12. The Bertz CT molecular complexity index is 851. The number of ether oxygens (including phenoxy) is 1. The molecule has 1 aliphatic rings. The molecule has 0 radical (unpaired) electrons. The van der Waals surface area contributed by atoms with Gasteiger partial charge in [0.25, 0.3) is 5.91 Å². The summed E-state index contributed by atoms with van der Waals surface area (Å²) in [7, 11) is 1.53. The van der Waals surface area contributed by atoms with Crippen LogP contribution in [0.1, 0.15) is 34.8 Å². The number of hydrogen-bond acceptors (Lipinski definition) is 4. The first-order chi connectivity index (χ1) is 14.0. The smallest absolute Gasteiger partial charge is 0.303 e. The molecule has 1 amide bonds. The average molecular weight is 417 g/mol. The minimum absolute atomic E-state index is 0.0188. The number of carboxylic acids is 1. The lowest BCUT2D eigenvalue weighted by molar-refractivity contribution is -0.137. The highest BCUT2D eigenvalue weighted by atomic mass is 35.5. The molecule has 0 unspecified atom stereocenters. The zero-order valence-corrected chi connectivity index (χ0v) is 17.1. The number of carboxylic acid groups (broad SMARTS) is 1. The zero-order valence-electron chi connectivity index (χ0n) is 16.4. The topological polar surface area (TPSA) is 70.1 Å². The Labute approximate surface area is 175 Å². The number of hydrogen-bond donors (Lipinski definition) is 1. The van der Waals surface area contributed by atoms with Crippen molar-refractivity contribution in [3.8, 4) is 5.75 Å². The highest BCUT2D eigenvalue weighted by Gasteiger charge is 2.29. The second-order valence-electron chi connectivity index (χ2n) is 7.03. The van der Waals surface area contributed by atoms with Gasteiger partial charge in [-0.05, 0) is 30.2 Å². The van der Waals surface area contributed by atoms with E-state index in [-0.39, 0.29) is 18.4 Å². The van der Waals surface area contributed by atoms with Crippen molar-refractivity contribution in [2.75, 3.05) is 33.3 Å². The van der Waals surface area contributed by atoms with Gasteiger partial charge in [0.1, 0.15) is 5.75 Å². The molecule has 1 fully saturated rings. The molecule has 0 aliphatic carbocycles. The summed E-state index contributed by atoms with van der Waals surface area (Å²) < 4.78 is 5.31. The molecule has 0 bridgehead atoms. The van der Waals surface area contributed by atoms with Gasteiger partial charge in [0.15, 0.2) is 0 Å². The number of halogens is 1. The quantitative estimate of drug-likeness (QED) is 0.745. The summed E-state index contributed by atoms with van der Waals surface area (Å²) in [5, 5.41) is 9.62. The molecule has 1 atom stereocenters. The number of carbonyl (C=O) groups is 2. The van der Waals surface area contributed by atoms with E-state index in [1.165, 1.54) is 7.11 Å². The van der Waals surface area contributed by atoms with Crippen LogP contribution in [-0.4, -0.2) is 60.1 Å². The SMILES string of the molecule is COc1ccc(Cl)cc1C(=O)N1CCN([C@H](CCC(=O)O)c2ccccc2)CC1. The van der Waals surface area contributed by atoms with Crippen LogP contribution >= 0.6 is 11.6 Å². The Hall–Kier alpha value is -2.57. The van der Waals surface area contributed by atoms with E-state index in [4.69, 9.17) is 21.4 Å². The maximum absolute atomic E-state index is 13.0. The molecule has 0 spiro atoms. The minimum Gasteiger partial charge on any atom is -0.496 e. The standard InChI is InChI=1S/C22H25ClN2O4/c1-29-20-9-7-17(23)15-18(20)22(28)25-13-11-24(12-14-25)19(8-10-21(26)27)16-5-3-2-4-6-16/h2-7,9,15,19H,8,10-14H2,1H3,(H,26,27)/t19-/m1/s1. The molecule has 2 aromatic carbocycles. The van der Waals surface area contributed by atoms with Crippen molar-refractivity contribution in [1.82, 2.24) is 9.80 Å². The van der Waals surface area contributed by atoms with Crippen LogP contribution in [-0.2, 0) is 4.79 Å². The third kappa shape index (κ3) is 5.28. The van der Waals surface area contributed by atoms with Crippen molar-refractivity contribution < 1.29 is 19.4 Å². The molecule has 7 heteroatoms. The van der Waals surface area contributed by atoms with Gasteiger partial charge in [0.05, 0.1) is 12.7 Å². The van der Waals surface area contributed by atoms with Crippen molar-refractivity contribution >= 4 is 23.5 Å². The largest absolute Gasteiger partial charge is 0.496 e. The summed E-state index contributed by atoms with van der Waals surface area (Å²) in [6.45, 7) is 2.47. The second-order valence-corrected chi connectivity index (χ2v) is 7.47. The summed E-state index contributed by atoms with van der Waals surface area (Å²) >= 11 is 6.07. The van der Waals surface area contributed by atoms with Crippen molar-refractivity contribution in [3.05, 3.63) is 64.7 Å². The van der Waals surface area contributed by atoms with Crippen LogP contribution in [0.5, 0.6) is 5.75 Å². The Morgan fingerprint density at radius 3 is 2.41 bits per heavy atom. The Morgan fingerprint density at radius 1 is 1.10 bits per heavy atom. The third-order valence-corrected chi connectivity index (χ3v) is 5.49. The molecule has 2 aromatic rings. The molecule has 3 rings (SSSR count). The number of amides is 1. The fourth-order valence-electron chi connectivity index (χ4n) is 3.75. The van der Waals surface area contributed by atoms with Crippen molar-refractivity contribution in [2.24, 2.45) is 0 Å². The van der Waals surface area contributed by atoms with Crippen molar-refractivity contribution in [1.29, 1.82) is 0 Å². The number of nitrogens with zero attached hydrogens (tertiary/aromatic N) is 2. The van der Waals surface area contributed by atoms with Gasteiger partial charge in [-0.25, -0.2) is 0 Å². The number of rotatable bonds is 7. The molecular formula is C22H25ClN2O4. The first kappa shape index (κ1) is 21.1. The average Bonchev–Trinajstić information content (AvgIpc) is 2.74. The van der Waals surface area contributed by atoms with E-state index < -0.39 is 5.97 Å². The van der Waals surface area contributed by atoms with E-state index in [2.05, 4.69) is 4.90 Å². The van der Waals surface area contributed by atoms with E-state index in [0.29, 0.717) is 48.9 Å². The van der Waals surface area contributed by atoms with Gasteiger partial charge in [-0.3, -0.25) is 14.5 Å². The molecule has 1 heterocycles. The van der Waals surface area contributed by atoms with Crippen LogP contribution in [0.2, 0.25) is 5.02 Å². The first-order valence-corrected chi connectivity index (χ1v) is 10.0. The van der Waals surface area contributed by atoms with Gasteiger partial charge in [0, 0.05) is 43.7 Å². The number of aliphatic carboxylic acids is 1. The maximum Gasteiger partial charge on any atom is 0.303 e. The number of methoxy groups -OCH3 is 1. The van der Waals surface area contributed by atoms with E-state index in [1.54, 1.807) is 23.1 Å². The third-order valence-electron chi connectivity index (χ3n) is 5.25. The molecule has 6 nitrogen and oxygen atoms in total. The lowest BCUT2D eigenvalue weighted by Gasteiger charge is -2.39. The minimum atomic E-state index is -0.798. The molecule has 1 N–H and O–H groups in total. The van der Waals surface area contributed by atoms with Crippen LogP contribution in [0.25, 0.3) is 0 Å². The molecule has 29 heavy (non-hydrogen) atoms. The van der Waals surface area contributed by atoms with Crippen LogP contribution in [0.3, 0.4) is 0 Å². The predicted molar refractivity (Wildman–Crippen MR) is 112 cm³/mol. The molecular weight excluding hydrogens is 392 g/mol. The highest BCUT2D eigenvalue weighted by molar-refractivity contribution is 6.31. The van der Waals surface area contributed by atoms with Crippen LogP contribution in [0.15, 0.2) is 48.5 Å². The van der Waals surface area contributed by atoms with Crippen LogP contribution in [0.4, 0.5) is 0 Å². The molecule has 1 saturated heterocycles. The fourth-order valence-corrected chi connectivity index (χ4v) is 3.92. The van der Waals surface area contributed by atoms with Crippen molar-refractivity contribution in [3.63, 3.8) is 0 Å². The van der Waals surface area contributed by atoms with Crippen LogP contribution < -0.4 is 4.74 Å². The van der Waals surface area contributed by atoms with E-state index in [0.717, 1.165) is 5.56 Å². The maximum atomic E-state index is 13.0. The monoisotopic (exact) mass is 416 g/mol. The van der Waals surface area contributed by atoms with Gasteiger partial charge in [-0.15, -0.1) is 0 Å². The molecule has 0 aromatic heterocycles. The second kappa shape index (κ2) is 9.76. The normalized spacial score (nSPS) is 15.7. The van der Waals surface area contributed by atoms with Gasteiger partial charge in [-0.1, -0.05) is 41.9 Å². The Morgan fingerprint density at radius 2 is 1.79 bits per heavy atom. The van der Waals surface area contributed by atoms with Gasteiger partial charge >= 0.3 is 5.97 Å². The number of benzene rings is 2. The summed E-state index contributed by atoms with van der Waals surface area (Å²) in [4.78, 5) is 28.2. The van der Waals surface area contributed by atoms with E-state index in [9.17, 15) is 9.59 Å². The van der Waals surface area contributed by atoms with E-state index in [1.807, 2.05) is 30.3 Å². The van der Waals surface area contributed by atoms with Crippen LogP contribution in [0, 0.1) is 0 Å². The van der Waals surface area contributed by atoms with Gasteiger partial charge in [-0.2, -0.15) is 0 Å². The predicted octanol–water partition coefficient (Wildman–Crippen LogP) is 3.71. The molecule has 1 aliphatic heterocycles. The zero-order chi connectivity index (χ0) is 20.8. The first-order valence-electron chi connectivity index (χ1n) is 9.63. The van der Waals surface area contributed by atoms with Gasteiger partial charge in [0.2, 0.25) is 0 Å². The molecule has 0 saturated carbocycles. The summed E-state index contributed by atoms with van der Waals surface area (Å²) in [6, 6.07) is 15.0. The summed E-state index contributed by atoms with van der Waals surface area (Å²) in [5.41, 5.74) is 1.56. The van der Waals surface area contributed by atoms with Crippen molar-refractivity contribution in [2.45, 2.75) is 18.9 Å². The Balaban J connectivity index is 1.70. The summed E-state index contributed by atoms with van der Waals surface area (Å²) in [5.74, 6) is -0.399. The number of piperazine rings is 1. The lowest BCUT2D eigenvalue weighted by atomic mass is 9.99. The van der Waals surface area contributed by atoms with E-state index >= 15 is 0 Å². The highest BCUT2D eigenvalue weighted by Crippen LogP contribution is 2.28. The number of carbonyl (C=O) groups excluding carboxylic acids is 1. The van der Waals surface area contributed by atoms with Gasteiger partial charge < -0.3 is 14.7 Å². The molecule has 154 valence electrons.